The summed E-state index contributed by atoms with van der Waals surface area (Å²) in [6, 6.07) is 7.16. The molecule has 1 saturated carbocycles. The highest BCUT2D eigenvalue weighted by molar-refractivity contribution is 5.94. The van der Waals surface area contributed by atoms with Gasteiger partial charge >= 0.3 is 0 Å². The predicted molar refractivity (Wildman–Crippen MR) is 91.8 cm³/mol. The molecule has 0 saturated heterocycles. The monoisotopic (exact) mass is 348 g/mol. The summed E-state index contributed by atoms with van der Waals surface area (Å²) in [6.07, 6.45) is 5.48. The van der Waals surface area contributed by atoms with Crippen LogP contribution in [0.4, 0.5) is 0 Å². The highest BCUT2D eigenvalue weighted by Gasteiger charge is 2.32. The highest BCUT2D eigenvalue weighted by Crippen LogP contribution is 2.38. The van der Waals surface area contributed by atoms with Crippen molar-refractivity contribution in [2.45, 2.75) is 31.8 Å². The zero-order chi connectivity index (χ0) is 17.7. The molecule has 130 valence electrons. The topological polar surface area (TPSA) is 96.8 Å². The smallest absolute Gasteiger partial charge is 0.256 e. The summed E-state index contributed by atoms with van der Waals surface area (Å²) >= 11 is 0. The van der Waals surface area contributed by atoms with Gasteiger partial charge in [0, 0.05) is 11.5 Å². The third-order valence-corrected chi connectivity index (χ3v) is 4.86. The lowest BCUT2D eigenvalue weighted by Gasteiger charge is -2.15. The molecule has 26 heavy (non-hydrogen) atoms. The van der Waals surface area contributed by atoms with Gasteiger partial charge in [-0.25, -0.2) is 9.67 Å². The lowest BCUT2D eigenvalue weighted by molar-refractivity contribution is 0.0750. The van der Waals surface area contributed by atoms with E-state index >= 15 is 0 Å². The molecule has 0 bridgehead atoms. The third kappa shape index (κ3) is 2.50. The second kappa shape index (κ2) is 5.62. The molecule has 1 aliphatic heterocycles. The summed E-state index contributed by atoms with van der Waals surface area (Å²) in [5.41, 5.74) is 2.61. The molecule has 0 spiro atoms. The van der Waals surface area contributed by atoms with E-state index in [1.807, 2.05) is 12.1 Å². The minimum atomic E-state index is -0.117. The van der Waals surface area contributed by atoms with Crippen LogP contribution in [0.5, 0.6) is 0 Å². The molecule has 3 aromatic rings. The van der Waals surface area contributed by atoms with E-state index in [0.717, 1.165) is 30.0 Å². The highest BCUT2D eigenvalue weighted by atomic mass is 16.2. The van der Waals surface area contributed by atoms with Crippen LogP contribution >= 0.6 is 0 Å². The van der Waals surface area contributed by atoms with Crippen molar-refractivity contribution in [2.75, 3.05) is 0 Å². The Hall–Kier alpha value is -3.29. The molecule has 3 heterocycles. The Balaban J connectivity index is 1.38. The van der Waals surface area contributed by atoms with Gasteiger partial charge in [-0.05, 0) is 37.1 Å². The van der Waals surface area contributed by atoms with Gasteiger partial charge in [-0.15, -0.1) is 5.10 Å². The number of aromatic amines is 1. The average molecular weight is 348 g/mol. The molecule has 0 unspecified atom stereocenters. The van der Waals surface area contributed by atoms with Crippen molar-refractivity contribution in [1.29, 1.82) is 0 Å². The first-order valence-electron chi connectivity index (χ1n) is 8.57. The molecular formula is C18H16N6O2. The molecular weight excluding hydrogens is 332 g/mol. The molecule has 8 heteroatoms. The van der Waals surface area contributed by atoms with Gasteiger partial charge in [0.2, 0.25) is 0 Å². The number of hydrogen-bond donors (Lipinski definition) is 1. The van der Waals surface area contributed by atoms with E-state index in [0.29, 0.717) is 30.1 Å². The number of benzene rings is 1. The number of aromatic nitrogens is 5. The maximum atomic E-state index is 12.8. The minimum Gasteiger partial charge on any atom is -0.328 e. The Kier molecular flexibility index (Phi) is 3.24. The van der Waals surface area contributed by atoms with E-state index < -0.39 is 0 Å². The van der Waals surface area contributed by atoms with Crippen molar-refractivity contribution in [2.24, 2.45) is 0 Å². The fourth-order valence-electron chi connectivity index (χ4n) is 3.26. The number of rotatable bonds is 3. The van der Waals surface area contributed by atoms with Crippen molar-refractivity contribution in [3.63, 3.8) is 0 Å². The Labute approximate surface area is 148 Å². The number of carbonyl (C=O) groups is 1. The van der Waals surface area contributed by atoms with Crippen LogP contribution < -0.4 is 5.56 Å². The van der Waals surface area contributed by atoms with Crippen LogP contribution in [0, 0.1) is 0 Å². The standard InChI is InChI=1S/C18H16N6O2/c25-17-14-9-23(10-15(14)20-16(21-17)11-1-2-11)18(26)12-3-5-13(6-4-12)24-8-7-19-22-24/h3-8,11H,1-2,9-10H2,(H,20,21,25). The van der Waals surface area contributed by atoms with Gasteiger partial charge in [-0.1, -0.05) is 5.21 Å². The number of carbonyl (C=O) groups excluding carboxylic acids is 1. The van der Waals surface area contributed by atoms with E-state index in [9.17, 15) is 9.59 Å². The van der Waals surface area contributed by atoms with E-state index in [1.54, 1.807) is 34.1 Å². The van der Waals surface area contributed by atoms with Crippen molar-refractivity contribution in [3.8, 4) is 5.69 Å². The molecule has 5 rings (SSSR count). The first-order chi connectivity index (χ1) is 12.7. The SMILES string of the molecule is O=C(c1ccc(-n2ccnn2)cc1)N1Cc2nc(C3CC3)[nH]c(=O)c2C1. The van der Waals surface area contributed by atoms with E-state index in [4.69, 9.17) is 0 Å². The van der Waals surface area contributed by atoms with Gasteiger partial charge in [0.1, 0.15) is 5.82 Å². The minimum absolute atomic E-state index is 0.111. The van der Waals surface area contributed by atoms with Crippen molar-refractivity contribution in [3.05, 3.63) is 69.7 Å². The molecule has 2 aromatic heterocycles. The summed E-state index contributed by atoms with van der Waals surface area (Å²) in [7, 11) is 0. The second-order valence-corrected chi connectivity index (χ2v) is 6.71. The van der Waals surface area contributed by atoms with Crippen LogP contribution in [0.2, 0.25) is 0 Å². The number of nitrogens with one attached hydrogen (secondary N) is 1. The number of amides is 1. The normalized spacial score (nSPS) is 15.9. The van der Waals surface area contributed by atoms with Gasteiger partial charge in [0.15, 0.2) is 0 Å². The van der Waals surface area contributed by atoms with E-state index in [-0.39, 0.29) is 11.5 Å². The van der Waals surface area contributed by atoms with Gasteiger partial charge < -0.3 is 9.88 Å². The van der Waals surface area contributed by atoms with Crippen molar-refractivity contribution < 1.29 is 4.79 Å². The lowest BCUT2D eigenvalue weighted by Crippen LogP contribution is -2.26. The van der Waals surface area contributed by atoms with Crippen molar-refractivity contribution >= 4 is 5.91 Å². The Morgan fingerprint density at radius 2 is 1.96 bits per heavy atom. The quantitative estimate of drug-likeness (QED) is 0.771. The molecule has 1 N–H and O–H groups in total. The average Bonchev–Trinajstić information content (AvgIpc) is 3.19. The zero-order valence-electron chi connectivity index (χ0n) is 13.9. The molecule has 1 fully saturated rings. The zero-order valence-corrected chi connectivity index (χ0v) is 13.9. The van der Waals surface area contributed by atoms with Crippen LogP contribution in [0.15, 0.2) is 41.5 Å². The Morgan fingerprint density at radius 3 is 2.65 bits per heavy atom. The molecule has 2 aliphatic rings. The molecule has 1 aliphatic carbocycles. The van der Waals surface area contributed by atoms with Crippen LogP contribution in [0.25, 0.3) is 5.69 Å². The van der Waals surface area contributed by atoms with Gasteiger partial charge in [-0.3, -0.25) is 9.59 Å². The van der Waals surface area contributed by atoms with Gasteiger partial charge in [-0.2, -0.15) is 0 Å². The Bertz CT molecular complexity index is 1030. The summed E-state index contributed by atoms with van der Waals surface area (Å²) in [5, 5.41) is 7.70. The van der Waals surface area contributed by atoms with E-state index in [1.165, 1.54) is 0 Å². The van der Waals surface area contributed by atoms with E-state index in [2.05, 4.69) is 20.3 Å². The summed E-state index contributed by atoms with van der Waals surface area (Å²) in [5.74, 6) is 1.03. The van der Waals surface area contributed by atoms with Gasteiger partial charge in [0.25, 0.3) is 11.5 Å². The Morgan fingerprint density at radius 1 is 1.15 bits per heavy atom. The summed E-state index contributed by atoms with van der Waals surface area (Å²) < 4.78 is 1.63. The fourth-order valence-corrected chi connectivity index (χ4v) is 3.26. The maximum Gasteiger partial charge on any atom is 0.256 e. The maximum absolute atomic E-state index is 12.8. The molecule has 1 aromatic carbocycles. The number of fused-ring (bicyclic) bond motifs is 1. The summed E-state index contributed by atoms with van der Waals surface area (Å²) in [4.78, 5) is 34.2. The lowest BCUT2D eigenvalue weighted by atomic mass is 10.2. The predicted octanol–water partition coefficient (Wildman–Crippen LogP) is 1.38. The van der Waals surface area contributed by atoms with Crippen LogP contribution in [0.1, 0.15) is 46.2 Å². The largest absolute Gasteiger partial charge is 0.328 e. The first-order valence-corrected chi connectivity index (χ1v) is 8.57. The molecule has 0 atom stereocenters. The summed E-state index contributed by atoms with van der Waals surface area (Å²) in [6.45, 7) is 0.676. The second-order valence-electron chi connectivity index (χ2n) is 6.71. The van der Waals surface area contributed by atoms with Gasteiger partial charge in [0.05, 0.1) is 42.4 Å². The molecule has 0 radical (unpaired) electrons. The van der Waals surface area contributed by atoms with Crippen molar-refractivity contribution in [1.82, 2.24) is 29.9 Å². The number of nitrogens with zero attached hydrogens (tertiary/aromatic N) is 5. The van der Waals surface area contributed by atoms with Crippen LogP contribution in [0.3, 0.4) is 0 Å². The fraction of sp³-hybridized carbons (Fsp3) is 0.278. The first kappa shape index (κ1) is 15.0. The third-order valence-electron chi connectivity index (χ3n) is 4.86. The van der Waals surface area contributed by atoms with Crippen LogP contribution in [-0.4, -0.2) is 35.8 Å². The number of hydrogen-bond acceptors (Lipinski definition) is 5. The molecule has 1 amide bonds. The number of H-pyrrole nitrogens is 1. The van der Waals surface area contributed by atoms with Crippen LogP contribution in [-0.2, 0) is 13.1 Å². The molecule has 8 nitrogen and oxygen atoms in total.